The Labute approximate surface area is 106 Å². The van der Waals surface area contributed by atoms with Crippen molar-refractivity contribution >= 4 is 23.6 Å². The van der Waals surface area contributed by atoms with E-state index in [0.717, 1.165) is 12.0 Å². The Balaban J connectivity index is 2.74. The van der Waals surface area contributed by atoms with Gasteiger partial charge in [-0.3, -0.25) is 0 Å². The lowest BCUT2D eigenvalue weighted by Crippen LogP contribution is -1.96. The largest absolute Gasteiger partial charge is 0.492 e. The Bertz CT molecular complexity index is 413. The first kappa shape index (κ1) is 13.6. The lowest BCUT2D eigenvalue weighted by molar-refractivity contribution is -0.134. The molecule has 4 heteroatoms. The van der Waals surface area contributed by atoms with E-state index in [1.807, 2.05) is 13.0 Å². The van der Waals surface area contributed by atoms with Crippen LogP contribution in [0.4, 0.5) is 0 Å². The van der Waals surface area contributed by atoms with E-state index >= 15 is 0 Å². The van der Waals surface area contributed by atoms with Crippen LogP contribution >= 0.6 is 11.6 Å². The zero-order valence-corrected chi connectivity index (χ0v) is 10.7. The quantitative estimate of drug-likeness (QED) is 0.597. The van der Waals surface area contributed by atoms with Gasteiger partial charge in [0, 0.05) is 6.08 Å². The third-order valence-electron chi connectivity index (χ3n) is 2.03. The van der Waals surface area contributed by atoms with Crippen LogP contribution in [0, 0.1) is 0 Å². The summed E-state index contributed by atoms with van der Waals surface area (Å²) in [6, 6.07) is 5.36. The van der Waals surface area contributed by atoms with Gasteiger partial charge >= 0.3 is 5.97 Å². The van der Waals surface area contributed by atoms with E-state index in [1.54, 1.807) is 18.2 Å². The number of ether oxygens (including phenoxy) is 2. The summed E-state index contributed by atoms with van der Waals surface area (Å²) < 4.78 is 9.94. The van der Waals surface area contributed by atoms with Crippen molar-refractivity contribution in [2.24, 2.45) is 0 Å². The van der Waals surface area contributed by atoms with Crippen LogP contribution in [0.3, 0.4) is 0 Å². The summed E-state index contributed by atoms with van der Waals surface area (Å²) in [4.78, 5) is 10.9. The van der Waals surface area contributed by atoms with Crippen LogP contribution in [-0.4, -0.2) is 19.7 Å². The van der Waals surface area contributed by atoms with Crippen molar-refractivity contribution in [3.05, 3.63) is 34.9 Å². The maximum atomic E-state index is 10.9. The van der Waals surface area contributed by atoms with Gasteiger partial charge < -0.3 is 9.47 Å². The number of carbonyl (C=O) groups is 1. The molecule has 17 heavy (non-hydrogen) atoms. The van der Waals surface area contributed by atoms with Crippen molar-refractivity contribution in [1.29, 1.82) is 0 Å². The van der Waals surface area contributed by atoms with Gasteiger partial charge in [-0.05, 0) is 30.2 Å². The van der Waals surface area contributed by atoms with Gasteiger partial charge in [-0.15, -0.1) is 0 Å². The molecule has 0 aromatic heterocycles. The monoisotopic (exact) mass is 254 g/mol. The van der Waals surface area contributed by atoms with Crippen LogP contribution in [0.25, 0.3) is 6.08 Å². The van der Waals surface area contributed by atoms with Crippen LogP contribution in [-0.2, 0) is 9.53 Å². The average Bonchev–Trinajstić information content (AvgIpc) is 2.34. The second-order valence-corrected chi connectivity index (χ2v) is 3.80. The Morgan fingerprint density at radius 1 is 1.47 bits per heavy atom. The summed E-state index contributed by atoms with van der Waals surface area (Å²) in [5.74, 6) is 0.260. The van der Waals surface area contributed by atoms with E-state index in [-0.39, 0.29) is 0 Å². The smallest absolute Gasteiger partial charge is 0.330 e. The first-order valence-corrected chi connectivity index (χ1v) is 5.73. The maximum absolute atomic E-state index is 10.9. The minimum atomic E-state index is -0.396. The normalized spacial score (nSPS) is 10.5. The standard InChI is InChI=1S/C13H15ClO3/c1-3-8-17-12-6-4-10(9-11(12)14)5-7-13(15)16-2/h4-7,9H,3,8H2,1-2H3/b7-5+. The molecule has 92 valence electrons. The highest BCUT2D eigenvalue weighted by molar-refractivity contribution is 6.32. The van der Waals surface area contributed by atoms with E-state index in [2.05, 4.69) is 4.74 Å². The number of rotatable bonds is 5. The van der Waals surface area contributed by atoms with E-state index in [4.69, 9.17) is 16.3 Å². The molecule has 0 saturated carbocycles. The molecule has 0 aliphatic carbocycles. The molecule has 0 amide bonds. The van der Waals surface area contributed by atoms with Gasteiger partial charge in [0.1, 0.15) is 5.75 Å². The first-order chi connectivity index (χ1) is 8.17. The van der Waals surface area contributed by atoms with Gasteiger partial charge in [-0.2, -0.15) is 0 Å². The molecule has 1 aromatic rings. The molecule has 1 aromatic carbocycles. The first-order valence-electron chi connectivity index (χ1n) is 5.35. The lowest BCUT2D eigenvalue weighted by Gasteiger charge is -2.06. The Kier molecular flexibility index (Phi) is 5.57. The van der Waals surface area contributed by atoms with Crippen LogP contribution in [0.1, 0.15) is 18.9 Å². The lowest BCUT2D eigenvalue weighted by atomic mass is 10.2. The highest BCUT2D eigenvalue weighted by atomic mass is 35.5. The Morgan fingerprint density at radius 2 is 2.24 bits per heavy atom. The van der Waals surface area contributed by atoms with E-state index in [0.29, 0.717) is 17.4 Å². The topological polar surface area (TPSA) is 35.5 Å². The van der Waals surface area contributed by atoms with Crippen molar-refractivity contribution in [2.75, 3.05) is 13.7 Å². The average molecular weight is 255 g/mol. The molecule has 0 atom stereocenters. The maximum Gasteiger partial charge on any atom is 0.330 e. The van der Waals surface area contributed by atoms with E-state index in [9.17, 15) is 4.79 Å². The fourth-order valence-electron chi connectivity index (χ4n) is 1.18. The Morgan fingerprint density at radius 3 is 2.82 bits per heavy atom. The number of benzene rings is 1. The summed E-state index contributed by atoms with van der Waals surface area (Å²) in [6.07, 6.45) is 3.92. The number of methoxy groups -OCH3 is 1. The molecule has 0 aliphatic rings. The van der Waals surface area contributed by atoms with Gasteiger partial charge in [-0.25, -0.2) is 4.79 Å². The van der Waals surface area contributed by atoms with Crippen LogP contribution in [0.2, 0.25) is 5.02 Å². The zero-order valence-electron chi connectivity index (χ0n) is 9.90. The SMILES string of the molecule is CCCOc1ccc(/C=C/C(=O)OC)cc1Cl. The number of halogens is 1. The molecule has 0 bridgehead atoms. The molecule has 3 nitrogen and oxygen atoms in total. The number of hydrogen-bond acceptors (Lipinski definition) is 3. The minimum Gasteiger partial charge on any atom is -0.492 e. The Hall–Kier alpha value is -1.48. The fraction of sp³-hybridized carbons (Fsp3) is 0.308. The summed E-state index contributed by atoms with van der Waals surface area (Å²) >= 11 is 6.04. The number of esters is 1. The molecule has 0 fully saturated rings. The molecule has 0 unspecified atom stereocenters. The van der Waals surface area contributed by atoms with Crippen molar-refractivity contribution in [3.8, 4) is 5.75 Å². The predicted octanol–water partition coefficient (Wildman–Crippen LogP) is 3.32. The van der Waals surface area contributed by atoms with Gasteiger partial charge in [-0.1, -0.05) is 24.6 Å². The molecule has 0 radical (unpaired) electrons. The molecular formula is C13H15ClO3. The second kappa shape index (κ2) is 6.97. The van der Waals surface area contributed by atoms with Crippen molar-refractivity contribution in [1.82, 2.24) is 0 Å². The van der Waals surface area contributed by atoms with Crippen LogP contribution in [0.5, 0.6) is 5.75 Å². The summed E-state index contributed by atoms with van der Waals surface area (Å²) in [5, 5.41) is 0.533. The molecule has 0 N–H and O–H groups in total. The zero-order chi connectivity index (χ0) is 12.7. The van der Waals surface area contributed by atoms with Crippen molar-refractivity contribution in [3.63, 3.8) is 0 Å². The van der Waals surface area contributed by atoms with E-state index in [1.165, 1.54) is 13.2 Å². The molecule has 1 rings (SSSR count). The number of hydrogen-bond donors (Lipinski definition) is 0. The molecule has 0 spiro atoms. The van der Waals surface area contributed by atoms with Gasteiger partial charge in [0.2, 0.25) is 0 Å². The second-order valence-electron chi connectivity index (χ2n) is 3.39. The summed E-state index contributed by atoms with van der Waals surface area (Å²) in [6.45, 7) is 2.67. The predicted molar refractivity (Wildman–Crippen MR) is 68.3 cm³/mol. The van der Waals surface area contributed by atoms with Crippen LogP contribution < -0.4 is 4.74 Å². The number of carbonyl (C=O) groups excluding carboxylic acids is 1. The highest BCUT2D eigenvalue weighted by Gasteiger charge is 2.01. The van der Waals surface area contributed by atoms with Gasteiger partial charge in [0.05, 0.1) is 18.7 Å². The third kappa shape index (κ3) is 4.49. The van der Waals surface area contributed by atoms with Crippen LogP contribution in [0.15, 0.2) is 24.3 Å². The molecular weight excluding hydrogens is 240 g/mol. The van der Waals surface area contributed by atoms with E-state index < -0.39 is 5.97 Å². The highest BCUT2D eigenvalue weighted by Crippen LogP contribution is 2.26. The minimum absolute atomic E-state index is 0.396. The van der Waals surface area contributed by atoms with Gasteiger partial charge in [0.25, 0.3) is 0 Å². The van der Waals surface area contributed by atoms with Gasteiger partial charge in [0.15, 0.2) is 0 Å². The fourth-order valence-corrected chi connectivity index (χ4v) is 1.43. The van der Waals surface area contributed by atoms with Crippen molar-refractivity contribution in [2.45, 2.75) is 13.3 Å². The third-order valence-corrected chi connectivity index (χ3v) is 2.33. The summed E-state index contributed by atoms with van der Waals surface area (Å²) in [7, 11) is 1.33. The summed E-state index contributed by atoms with van der Waals surface area (Å²) in [5.41, 5.74) is 0.823. The molecule has 0 saturated heterocycles. The molecule has 0 aliphatic heterocycles. The van der Waals surface area contributed by atoms with Crippen molar-refractivity contribution < 1.29 is 14.3 Å². The molecule has 0 heterocycles.